The van der Waals surface area contributed by atoms with Crippen molar-refractivity contribution in [3.63, 3.8) is 0 Å². The Balaban J connectivity index is 6.23. The molecule has 0 bridgehead atoms. The van der Waals surface area contributed by atoms with Crippen LogP contribution in [-0.4, -0.2) is 55.7 Å². The molecule has 0 saturated heterocycles. The first kappa shape index (κ1) is 19.4. The van der Waals surface area contributed by atoms with E-state index in [0.29, 0.717) is 12.1 Å². The Morgan fingerprint density at radius 2 is 1.11 bits per heavy atom. The van der Waals surface area contributed by atoms with Crippen LogP contribution in [0.2, 0.25) is 0 Å². The Bertz CT molecular complexity index is 307. The SMILES string of the molecule is CC(C)[N](C(C)C)[Ta](=[N]C(C)(C)C)([N](C)C)[N](C)C. The molecule has 0 aliphatic carbocycles. The quantitative estimate of drug-likeness (QED) is 0.656. The van der Waals surface area contributed by atoms with Gasteiger partial charge < -0.3 is 0 Å². The van der Waals surface area contributed by atoms with Gasteiger partial charge in [-0.1, -0.05) is 0 Å². The van der Waals surface area contributed by atoms with Crippen molar-refractivity contribution in [3.8, 4) is 0 Å². The van der Waals surface area contributed by atoms with E-state index in [0.717, 1.165) is 0 Å². The van der Waals surface area contributed by atoms with Gasteiger partial charge in [-0.05, 0) is 0 Å². The molecule has 0 radical (unpaired) electrons. The second-order valence-electron chi connectivity index (χ2n) is 7.07. The summed E-state index contributed by atoms with van der Waals surface area (Å²) in [6.07, 6.45) is 0. The van der Waals surface area contributed by atoms with Crippen LogP contribution in [0, 0.1) is 0 Å². The molecular formula is C14H35N4Ta. The van der Waals surface area contributed by atoms with Crippen LogP contribution >= 0.6 is 0 Å². The van der Waals surface area contributed by atoms with Crippen molar-refractivity contribution in [2.24, 2.45) is 3.34 Å². The summed E-state index contributed by atoms with van der Waals surface area (Å²) in [4.78, 5) is 0. The third-order valence-corrected chi connectivity index (χ3v) is 19.3. The van der Waals surface area contributed by atoms with Crippen molar-refractivity contribution < 1.29 is 17.7 Å². The summed E-state index contributed by atoms with van der Waals surface area (Å²) >= 11 is -3.20. The molecule has 0 unspecified atom stereocenters. The first-order valence-corrected chi connectivity index (χ1v) is 12.9. The van der Waals surface area contributed by atoms with Crippen LogP contribution in [0.25, 0.3) is 0 Å². The van der Waals surface area contributed by atoms with E-state index in [1.165, 1.54) is 0 Å². The molecule has 0 rings (SSSR count). The molecule has 0 spiro atoms. The van der Waals surface area contributed by atoms with Gasteiger partial charge >= 0.3 is 125 Å². The van der Waals surface area contributed by atoms with Crippen molar-refractivity contribution >= 4 is 0 Å². The molecule has 0 aromatic rings. The van der Waals surface area contributed by atoms with E-state index < -0.39 is 17.7 Å². The van der Waals surface area contributed by atoms with Crippen molar-refractivity contribution in [3.05, 3.63) is 0 Å². The van der Waals surface area contributed by atoms with E-state index in [-0.39, 0.29) is 5.54 Å². The van der Waals surface area contributed by atoms with E-state index in [1.807, 2.05) is 0 Å². The van der Waals surface area contributed by atoms with Gasteiger partial charge in [0.25, 0.3) is 0 Å². The number of nitrogens with zero attached hydrogens (tertiary/aromatic N) is 4. The van der Waals surface area contributed by atoms with Crippen LogP contribution in [0.3, 0.4) is 0 Å². The summed E-state index contributed by atoms with van der Waals surface area (Å²) in [5.74, 6) is 0. The maximum atomic E-state index is 5.38. The molecule has 116 valence electrons. The average molecular weight is 440 g/mol. The molecule has 4 nitrogen and oxygen atoms in total. The zero-order valence-corrected chi connectivity index (χ0v) is 18.1. The average Bonchev–Trinajstić information content (AvgIpc) is 2.11. The summed E-state index contributed by atoms with van der Waals surface area (Å²) in [6.45, 7) is 15.8. The minimum absolute atomic E-state index is 0.00495. The third-order valence-electron chi connectivity index (χ3n) is 2.88. The molecule has 19 heavy (non-hydrogen) atoms. The maximum absolute atomic E-state index is 5.38. The van der Waals surface area contributed by atoms with Crippen LogP contribution in [-0.2, 0) is 17.7 Å². The van der Waals surface area contributed by atoms with Crippen molar-refractivity contribution in [1.82, 2.24) is 9.91 Å². The van der Waals surface area contributed by atoms with Gasteiger partial charge in [0, 0.05) is 0 Å². The molecule has 0 atom stereocenters. The number of rotatable bonds is 5. The first-order valence-electron chi connectivity index (χ1n) is 7.14. The van der Waals surface area contributed by atoms with E-state index >= 15 is 0 Å². The Labute approximate surface area is 125 Å². The fraction of sp³-hybridized carbons (Fsp3) is 1.00. The summed E-state index contributed by atoms with van der Waals surface area (Å²) in [6, 6.07) is 1.02. The second kappa shape index (κ2) is 6.92. The van der Waals surface area contributed by atoms with E-state index in [2.05, 4.69) is 86.6 Å². The van der Waals surface area contributed by atoms with Crippen molar-refractivity contribution in [2.45, 2.75) is 66.1 Å². The van der Waals surface area contributed by atoms with Crippen LogP contribution in [0.4, 0.5) is 0 Å². The zero-order valence-electron chi connectivity index (χ0n) is 14.9. The Morgan fingerprint density at radius 1 is 0.789 bits per heavy atom. The number of hydrogen-bond acceptors (Lipinski definition) is 1. The van der Waals surface area contributed by atoms with Crippen molar-refractivity contribution in [1.29, 1.82) is 0 Å². The van der Waals surface area contributed by atoms with Gasteiger partial charge in [-0.15, -0.1) is 0 Å². The Hall–Kier alpha value is 0.420. The van der Waals surface area contributed by atoms with Gasteiger partial charge in [0.2, 0.25) is 0 Å². The van der Waals surface area contributed by atoms with Crippen LogP contribution in [0.1, 0.15) is 48.5 Å². The predicted octanol–water partition coefficient (Wildman–Crippen LogP) is 3.11. The van der Waals surface area contributed by atoms with Gasteiger partial charge in [-0.3, -0.25) is 0 Å². The number of hydrogen-bond donors (Lipinski definition) is 0. The Kier molecular flexibility index (Phi) is 7.07. The van der Waals surface area contributed by atoms with Gasteiger partial charge in [-0.2, -0.15) is 0 Å². The molecule has 0 heterocycles. The molecule has 0 aromatic heterocycles. The molecule has 0 amide bonds. The molecular weight excluding hydrogens is 405 g/mol. The minimum atomic E-state index is -3.20. The first-order chi connectivity index (χ1) is 8.36. The monoisotopic (exact) mass is 440 g/mol. The molecule has 0 aliphatic heterocycles. The summed E-state index contributed by atoms with van der Waals surface area (Å²) < 4.78 is 12.9. The van der Waals surface area contributed by atoms with Gasteiger partial charge in [0.1, 0.15) is 0 Å². The van der Waals surface area contributed by atoms with E-state index in [4.69, 9.17) is 3.34 Å². The summed E-state index contributed by atoms with van der Waals surface area (Å²) in [5, 5.41) is 0. The second-order valence-corrected chi connectivity index (χ2v) is 19.1. The van der Waals surface area contributed by atoms with E-state index in [1.54, 1.807) is 0 Å². The van der Waals surface area contributed by atoms with Crippen LogP contribution in [0.15, 0.2) is 3.34 Å². The molecule has 0 N–H and O–H groups in total. The van der Waals surface area contributed by atoms with Crippen LogP contribution < -0.4 is 0 Å². The molecule has 0 aliphatic rings. The van der Waals surface area contributed by atoms with E-state index in [9.17, 15) is 0 Å². The van der Waals surface area contributed by atoms with Crippen LogP contribution in [0.5, 0.6) is 0 Å². The van der Waals surface area contributed by atoms with Gasteiger partial charge in [0.15, 0.2) is 0 Å². The normalized spacial score (nSPS) is 14.3. The molecule has 0 fully saturated rings. The molecule has 0 saturated carbocycles. The van der Waals surface area contributed by atoms with Gasteiger partial charge in [0.05, 0.1) is 0 Å². The molecule has 5 heteroatoms. The fourth-order valence-corrected chi connectivity index (χ4v) is 17.2. The third kappa shape index (κ3) is 4.73. The zero-order chi connectivity index (χ0) is 15.6. The topological polar surface area (TPSA) is 22.1 Å². The fourth-order valence-electron chi connectivity index (χ4n) is 2.62. The van der Waals surface area contributed by atoms with Crippen molar-refractivity contribution in [2.75, 3.05) is 28.2 Å². The molecule has 0 aromatic carbocycles. The van der Waals surface area contributed by atoms with Gasteiger partial charge in [-0.25, -0.2) is 0 Å². The Morgan fingerprint density at radius 3 is 1.26 bits per heavy atom. The standard InChI is InChI=1S/C6H14N.C4H9N.2C2H6N.Ta/c1-5(2)7-6(3)4;1-4(2,3)5;2*1-3-2;/h5-6H,1-4H3;1-3H3;2*1-2H3;/q-1;;2*-1;+3. The summed E-state index contributed by atoms with van der Waals surface area (Å²) in [5.41, 5.74) is -0.00495. The summed E-state index contributed by atoms with van der Waals surface area (Å²) in [7, 11) is 8.80. The predicted molar refractivity (Wildman–Crippen MR) is 81.7 cm³/mol.